The highest BCUT2D eigenvalue weighted by Gasteiger charge is 2.35. The van der Waals surface area contributed by atoms with Gasteiger partial charge in [0.1, 0.15) is 0 Å². The molecule has 3 rings (SSSR count). The first kappa shape index (κ1) is 18.2. The standard InChI is InChI=1S/C22H26N2O2/c1-14(2)17-9-6-10-19(11-17)24-13-18(12-20(24)25)22(26)23-21-15(3)7-5-8-16(21)4/h5-11,14,18H,12-13H2,1-4H3,(H,23,26)/t18-/m1/s1. The number of carbonyl (C=O) groups excluding carboxylic acids is 2. The third kappa shape index (κ3) is 3.64. The number of carbonyl (C=O) groups is 2. The Bertz CT molecular complexity index is 822. The Kier molecular flexibility index (Phi) is 5.12. The normalized spacial score (nSPS) is 17.0. The fourth-order valence-electron chi connectivity index (χ4n) is 3.42. The Labute approximate surface area is 155 Å². The topological polar surface area (TPSA) is 49.4 Å². The van der Waals surface area contributed by atoms with Crippen LogP contribution in [0.15, 0.2) is 42.5 Å². The average molecular weight is 350 g/mol. The van der Waals surface area contributed by atoms with Gasteiger partial charge in [-0.1, -0.05) is 44.2 Å². The lowest BCUT2D eigenvalue weighted by Crippen LogP contribution is -2.28. The minimum absolute atomic E-state index is 0.00700. The van der Waals surface area contributed by atoms with Gasteiger partial charge < -0.3 is 10.2 Å². The number of hydrogen-bond donors (Lipinski definition) is 1. The smallest absolute Gasteiger partial charge is 0.229 e. The minimum atomic E-state index is -0.329. The first-order chi connectivity index (χ1) is 12.4. The number of rotatable bonds is 4. The van der Waals surface area contributed by atoms with Gasteiger partial charge in [0.15, 0.2) is 0 Å². The lowest BCUT2D eigenvalue weighted by Gasteiger charge is -2.19. The molecule has 0 radical (unpaired) electrons. The Morgan fingerprint density at radius 2 is 1.77 bits per heavy atom. The molecule has 26 heavy (non-hydrogen) atoms. The van der Waals surface area contributed by atoms with Crippen molar-refractivity contribution >= 4 is 23.2 Å². The van der Waals surface area contributed by atoms with Gasteiger partial charge in [0.2, 0.25) is 11.8 Å². The zero-order valence-corrected chi connectivity index (χ0v) is 15.9. The van der Waals surface area contributed by atoms with E-state index >= 15 is 0 Å². The highest BCUT2D eigenvalue weighted by atomic mass is 16.2. The third-order valence-electron chi connectivity index (χ3n) is 5.07. The Hall–Kier alpha value is -2.62. The zero-order valence-electron chi connectivity index (χ0n) is 15.9. The number of nitrogens with zero attached hydrogens (tertiary/aromatic N) is 1. The summed E-state index contributed by atoms with van der Waals surface area (Å²) < 4.78 is 0. The summed E-state index contributed by atoms with van der Waals surface area (Å²) >= 11 is 0. The van der Waals surface area contributed by atoms with Crippen molar-refractivity contribution in [3.8, 4) is 0 Å². The molecule has 1 atom stereocenters. The van der Waals surface area contributed by atoms with Crippen molar-refractivity contribution in [3.05, 3.63) is 59.2 Å². The maximum absolute atomic E-state index is 12.7. The van der Waals surface area contributed by atoms with E-state index in [2.05, 4.69) is 25.2 Å². The van der Waals surface area contributed by atoms with E-state index in [-0.39, 0.29) is 24.2 Å². The Morgan fingerprint density at radius 1 is 1.12 bits per heavy atom. The van der Waals surface area contributed by atoms with Crippen molar-refractivity contribution in [3.63, 3.8) is 0 Å². The molecule has 4 heteroatoms. The molecule has 0 aromatic heterocycles. The molecule has 136 valence electrons. The number of hydrogen-bond acceptors (Lipinski definition) is 2. The maximum Gasteiger partial charge on any atom is 0.229 e. The number of nitrogens with one attached hydrogen (secondary N) is 1. The average Bonchev–Trinajstić information content (AvgIpc) is 3.00. The highest BCUT2D eigenvalue weighted by Crippen LogP contribution is 2.29. The predicted octanol–water partition coefficient (Wildman–Crippen LogP) is 4.42. The van der Waals surface area contributed by atoms with Gasteiger partial charge in [-0.05, 0) is 48.6 Å². The third-order valence-corrected chi connectivity index (χ3v) is 5.07. The molecule has 1 saturated heterocycles. The van der Waals surface area contributed by atoms with Crippen molar-refractivity contribution in [1.29, 1.82) is 0 Å². The summed E-state index contributed by atoms with van der Waals surface area (Å²) in [5, 5.41) is 3.02. The molecule has 1 aliphatic heterocycles. The molecular weight excluding hydrogens is 324 g/mol. The van der Waals surface area contributed by atoms with Crippen LogP contribution in [0.1, 0.15) is 42.9 Å². The summed E-state index contributed by atoms with van der Waals surface area (Å²) in [6.07, 6.45) is 0.253. The van der Waals surface area contributed by atoms with Crippen molar-refractivity contribution in [2.45, 2.75) is 40.0 Å². The highest BCUT2D eigenvalue weighted by molar-refractivity contribution is 6.04. The molecule has 2 aromatic rings. The first-order valence-electron chi connectivity index (χ1n) is 9.14. The van der Waals surface area contributed by atoms with E-state index in [0.29, 0.717) is 12.5 Å². The van der Waals surface area contributed by atoms with Gasteiger partial charge in [0, 0.05) is 24.3 Å². The van der Waals surface area contributed by atoms with Crippen LogP contribution in [0.2, 0.25) is 0 Å². The van der Waals surface area contributed by atoms with E-state index in [1.54, 1.807) is 4.90 Å². The van der Waals surface area contributed by atoms with Crippen LogP contribution in [0.5, 0.6) is 0 Å². The van der Waals surface area contributed by atoms with Crippen LogP contribution < -0.4 is 10.2 Å². The first-order valence-corrected chi connectivity index (χ1v) is 9.14. The molecule has 1 N–H and O–H groups in total. The number of anilines is 2. The van der Waals surface area contributed by atoms with E-state index < -0.39 is 0 Å². The van der Waals surface area contributed by atoms with Crippen LogP contribution in [0, 0.1) is 19.8 Å². The van der Waals surface area contributed by atoms with E-state index in [1.807, 2.05) is 50.2 Å². The summed E-state index contributed by atoms with van der Waals surface area (Å²) in [4.78, 5) is 27.0. The second-order valence-corrected chi connectivity index (χ2v) is 7.41. The van der Waals surface area contributed by atoms with Crippen LogP contribution >= 0.6 is 0 Å². The van der Waals surface area contributed by atoms with Crippen LogP contribution in [0.25, 0.3) is 0 Å². The van der Waals surface area contributed by atoms with Gasteiger partial charge in [-0.2, -0.15) is 0 Å². The van der Waals surface area contributed by atoms with Crippen LogP contribution in [-0.4, -0.2) is 18.4 Å². The molecule has 0 bridgehead atoms. The summed E-state index contributed by atoms with van der Waals surface area (Å²) in [6.45, 7) is 8.65. The molecule has 1 heterocycles. The molecule has 2 amide bonds. The largest absolute Gasteiger partial charge is 0.325 e. The molecule has 4 nitrogen and oxygen atoms in total. The molecule has 2 aromatic carbocycles. The van der Waals surface area contributed by atoms with Gasteiger partial charge in [-0.3, -0.25) is 9.59 Å². The van der Waals surface area contributed by atoms with Crippen molar-refractivity contribution in [2.24, 2.45) is 5.92 Å². The Balaban J connectivity index is 1.75. The van der Waals surface area contributed by atoms with Crippen LogP contribution in [0.4, 0.5) is 11.4 Å². The van der Waals surface area contributed by atoms with Crippen LogP contribution in [0.3, 0.4) is 0 Å². The fraction of sp³-hybridized carbons (Fsp3) is 0.364. The van der Waals surface area contributed by atoms with E-state index in [0.717, 1.165) is 22.5 Å². The zero-order chi connectivity index (χ0) is 18.8. The van der Waals surface area contributed by atoms with Crippen molar-refractivity contribution in [2.75, 3.05) is 16.8 Å². The van der Waals surface area contributed by atoms with Crippen LogP contribution in [-0.2, 0) is 9.59 Å². The minimum Gasteiger partial charge on any atom is -0.325 e. The van der Waals surface area contributed by atoms with E-state index in [4.69, 9.17) is 0 Å². The van der Waals surface area contributed by atoms with Gasteiger partial charge in [-0.15, -0.1) is 0 Å². The maximum atomic E-state index is 12.7. The van der Waals surface area contributed by atoms with Gasteiger partial charge in [0.05, 0.1) is 5.92 Å². The van der Waals surface area contributed by atoms with Gasteiger partial charge in [-0.25, -0.2) is 0 Å². The number of benzene rings is 2. The predicted molar refractivity (Wildman–Crippen MR) is 106 cm³/mol. The molecule has 1 aliphatic rings. The summed E-state index contributed by atoms with van der Waals surface area (Å²) in [7, 11) is 0. The lowest BCUT2D eigenvalue weighted by molar-refractivity contribution is -0.122. The van der Waals surface area contributed by atoms with Crippen molar-refractivity contribution in [1.82, 2.24) is 0 Å². The molecule has 0 spiro atoms. The molecule has 0 aliphatic carbocycles. The monoisotopic (exact) mass is 350 g/mol. The Morgan fingerprint density at radius 3 is 2.42 bits per heavy atom. The summed E-state index contributed by atoms with van der Waals surface area (Å²) in [5.74, 6) is -0.00850. The van der Waals surface area contributed by atoms with E-state index in [9.17, 15) is 9.59 Å². The number of amides is 2. The second kappa shape index (κ2) is 7.32. The van der Waals surface area contributed by atoms with E-state index in [1.165, 1.54) is 5.56 Å². The summed E-state index contributed by atoms with van der Waals surface area (Å²) in [6, 6.07) is 14.0. The van der Waals surface area contributed by atoms with Gasteiger partial charge in [0.25, 0.3) is 0 Å². The quantitative estimate of drug-likeness (QED) is 0.887. The number of para-hydroxylation sites is 1. The second-order valence-electron chi connectivity index (χ2n) is 7.41. The molecule has 1 fully saturated rings. The fourth-order valence-corrected chi connectivity index (χ4v) is 3.42. The SMILES string of the molecule is Cc1cccc(C)c1NC(=O)[C@@H]1CC(=O)N(c2cccc(C(C)C)c2)C1. The summed E-state index contributed by atoms with van der Waals surface area (Å²) in [5.41, 5.74) is 4.99. The lowest BCUT2D eigenvalue weighted by atomic mass is 10.0. The molecule has 0 unspecified atom stereocenters. The molecular formula is C22H26N2O2. The number of aryl methyl sites for hydroxylation is 2. The van der Waals surface area contributed by atoms with Crippen molar-refractivity contribution < 1.29 is 9.59 Å². The molecule has 0 saturated carbocycles. The van der Waals surface area contributed by atoms with Gasteiger partial charge >= 0.3 is 0 Å².